The first-order chi connectivity index (χ1) is 17.9. The fourth-order valence-electron chi connectivity index (χ4n) is 4.43. The molecule has 0 spiro atoms. The summed E-state index contributed by atoms with van der Waals surface area (Å²) < 4.78 is 11.0. The molecule has 3 amide bonds. The van der Waals surface area contributed by atoms with Crippen molar-refractivity contribution in [2.45, 2.75) is 38.5 Å². The van der Waals surface area contributed by atoms with E-state index in [1.165, 1.54) is 4.90 Å². The minimum absolute atomic E-state index is 0.161. The molecule has 1 heterocycles. The van der Waals surface area contributed by atoms with Gasteiger partial charge in [-0.15, -0.1) is 0 Å². The fourth-order valence-corrected chi connectivity index (χ4v) is 4.43. The second-order valence-electron chi connectivity index (χ2n) is 8.83. The molecule has 192 valence electrons. The fraction of sp³-hybridized carbons (Fsp3) is 0.276. The van der Waals surface area contributed by atoms with Crippen LogP contribution in [0.15, 0.2) is 78.9 Å². The maximum Gasteiger partial charge on any atom is 0.417 e. The third-order valence-electron chi connectivity index (χ3n) is 6.24. The van der Waals surface area contributed by atoms with Crippen LogP contribution in [0.3, 0.4) is 0 Å². The van der Waals surface area contributed by atoms with E-state index in [-0.39, 0.29) is 19.2 Å². The number of cyclic esters (lactones) is 1. The molecule has 1 saturated heterocycles. The quantitative estimate of drug-likeness (QED) is 0.418. The van der Waals surface area contributed by atoms with Crippen LogP contribution in [0.4, 0.5) is 9.59 Å². The standard InChI is InChI=1S/C29H30N2O6/c1-2-36-26(27(32)31-25(19-37-29(31)35)16-20-7-4-3-5-8-20)17-21-11-13-23(14-12-21)24-10-6-9-22(15-24)18-30-28(33)34/h3-15,25-26,30H,2,16-19H2,1H3,(H,33,34)/t25?,26-/m0/s1. The Morgan fingerprint density at radius 3 is 2.43 bits per heavy atom. The van der Waals surface area contributed by atoms with Crippen molar-refractivity contribution in [1.82, 2.24) is 10.2 Å². The van der Waals surface area contributed by atoms with Crippen LogP contribution in [-0.4, -0.2) is 53.5 Å². The van der Waals surface area contributed by atoms with Gasteiger partial charge in [-0.2, -0.15) is 0 Å². The molecule has 4 rings (SSSR count). The maximum absolute atomic E-state index is 13.4. The summed E-state index contributed by atoms with van der Waals surface area (Å²) >= 11 is 0. The summed E-state index contributed by atoms with van der Waals surface area (Å²) in [5, 5.41) is 11.2. The number of carbonyl (C=O) groups excluding carboxylic acids is 2. The summed E-state index contributed by atoms with van der Waals surface area (Å²) in [6.07, 6.45) is -1.68. The second-order valence-corrected chi connectivity index (χ2v) is 8.83. The number of hydrogen-bond donors (Lipinski definition) is 2. The first kappa shape index (κ1) is 25.9. The van der Waals surface area contributed by atoms with Crippen molar-refractivity contribution in [1.29, 1.82) is 0 Å². The van der Waals surface area contributed by atoms with Gasteiger partial charge in [0.05, 0.1) is 6.04 Å². The molecular formula is C29H30N2O6. The Hall–Kier alpha value is -4.17. The number of rotatable bonds is 10. The third kappa shape index (κ3) is 6.74. The zero-order chi connectivity index (χ0) is 26.2. The molecule has 3 aromatic carbocycles. The van der Waals surface area contributed by atoms with E-state index in [0.717, 1.165) is 27.8 Å². The number of nitrogens with zero attached hydrogens (tertiary/aromatic N) is 1. The molecule has 2 atom stereocenters. The maximum atomic E-state index is 13.4. The van der Waals surface area contributed by atoms with Crippen molar-refractivity contribution in [3.8, 4) is 11.1 Å². The number of nitrogens with one attached hydrogen (secondary N) is 1. The van der Waals surface area contributed by atoms with Crippen LogP contribution in [0.1, 0.15) is 23.6 Å². The van der Waals surface area contributed by atoms with Crippen LogP contribution in [0.2, 0.25) is 0 Å². The van der Waals surface area contributed by atoms with Crippen molar-refractivity contribution < 1.29 is 29.0 Å². The van der Waals surface area contributed by atoms with Crippen LogP contribution in [0, 0.1) is 0 Å². The van der Waals surface area contributed by atoms with E-state index in [0.29, 0.717) is 19.4 Å². The summed E-state index contributed by atoms with van der Waals surface area (Å²) in [5.41, 5.74) is 4.69. The zero-order valence-corrected chi connectivity index (χ0v) is 20.6. The molecule has 1 fully saturated rings. The molecule has 0 aromatic heterocycles. The zero-order valence-electron chi connectivity index (χ0n) is 20.6. The second kappa shape index (κ2) is 12.2. The SMILES string of the molecule is CCO[C@@H](Cc1ccc(-c2cccc(CNC(=O)O)c2)cc1)C(=O)N1C(=O)OCC1Cc1ccccc1. The van der Waals surface area contributed by atoms with Gasteiger partial charge in [-0.3, -0.25) is 4.79 Å². The first-order valence-corrected chi connectivity index (χ1v) is 12.2. The minimum Gasteiger partial charge on any atom is -0.465 e. The topological polar surface area (TPSA) is 105 Å². The monoisotopic (exact) mass is 502 g/mol. The van der Waals surface area contributed by atoms with Gasteiger partial charge in [0.2, 0.25) is 0 Å². The van der Waals surface area contributed by atoms with Gasteiger partial charge in [0, 0.05) is 19.6 Å². The van der Waals surface area contributed by atoms with Gasteiger partial charge in [-0.05, 0) is 47.2 Å². The van der Waals surface area contributed by atoms with Gasteiger partial charge < -0.3 is 19.9 Å². The van der Waals surface area contributed by atoms with Crippen LogP contribution in [0.25, 0.3) is 11.1 Å². The first-order valence-electron chi connectivity index (χ1n) is 12.2. The van der Waals surface area contributed by atoms with Crippen molar-refractivity contribution >= 4 is 18.1 Å². The van der Waals surface area contributed by atoms with Crippen molar-refractivity contribution in [2.24, 2.45) is 0 Å². The average molecular weight is 503 g/mol. The molecule has 1 aliphatic rings. The van der Waals surface area contributed by atoms with Crippen LogP contribution in [-0.2, 0) is 33.7 Å². The highest BCUT2D eigenvalue weighted by atomic mass is 16.6. The molecule has 0 bridgehead atoms. The van der Waals surface area contributed by atoms with E-state index >= 15 is 0 Å². The van der Waals surface area contributed by atoms with Crippen molar-refractivity contribution in [3.05, 3.63) is 95.6 Å². The van der Waals surface area contributed by atoms with Gasteiger partial charge in [-0.1, -0.05) is 72.8 Å². The number of benzene rings is 3. The minimum atomic E-state index is -1.07. The molecule has 0 saturated carbocycles. The highest BCUT2D eigenvalue weighted by molar-refractivity contribution is 5.96. The van der Waals surface area contributed by atoms with Crippen molar-refractivity contribution in [3.63, 3.8) is 0 Å². The lowest BCUT2D eigenvalue weighted by atomic mass is 9.99. The largest absolute Gasteiger partial charge is 0.465 e. The van der Waals surface area contributed by atoms with E-state index in [9.17, 15) is 14.4 Å². The number of carboxylic acid groups (broad SMARTS) is 1. The molecule has 2 N–H and O–H groups in total. The molecule has 3 aromatic rings. The summed E-state index contributed by atoms with van der Waals surface area (Å²) in [4.78, 5) is 37.9. The Morgan fingerprint density at radius 1 is 1.00 bits per heavy atom. The van der Waals surface area contributed by atoms with Gasteiger partial charge in [-0.25, -0.2) is 14.5 Å². The van der Waals surface area contributed by atoms with Gasteiger partial charge >= 0.3 is 12.2 Å². The molecule has 37 heavy (non-hydrogen) atoms. The molecular weight excluding hydrogens is 472 g/mol. The summed E-state index contributed by atoms with van der Waals surface area (Å²) in [6.45, 7) is 2.54. The molecule has 8 heteroatoms. The number of ether oxygens (including phenoxy) is 2. The number of carbonyl (C=O) groups is 3. The Balaban J connectivity index is 1.46. The molecule has 1 aliphatic heterocycles. The highest BCUT2D eigenvalue weighted by Crippen LogP contribution is 2.24. The highest BCUT2D eigenvalue weighted by Gasteiger charge is 2.41. The Labute approximate surface area is 215 Å². The predicted molar refractivity (Wildman–Crippen MR) is 138 cm³/mol. The van der Waals surface area contributed by atoms with E-state index < -0.39 is 24.2 Å². The third-order valence-corrected chi connectivity index (χ3v) is 6.24. The molecule has 1 unspecified atom stereocenters. The van der Waals surface area contributed by atoms with Crippen molar-refractivity contribution in [2.75, 3.05) is 13.2 Å². The lowest BCUT2D eigenvalue weighted by Crippen LogP contribution is -2.47. The normalized spacial score (nSPS) is 15.8. The Morgan fingerprint density at radius 2 is 1.73 bits per heavy atom. The lowest BCUT2D eigenvalue weighted by Gasteiger charge is -2.25. The summed E-state index contributed by atoms with van der Waals surface area (Å²) in [5.74, 6) is -0.395. The van der Waals surface area contributed by atoms with Gasteiger partial charge in [0.1, 0.15) is 12.7 Å². The van der Waals surface area contributed by atoms with Crippen LogP contribution >= 0.6 is 0 Å². The molecule has 0 radical (unpaired) electrons. The van der Waals surface area contributed by atoms with E-state index in [1.54, 1.807) is 0 Å². The summed E-state index contributed by atoms with van der Waals surface area (Å²) in [7, 11) is 0. The number of imide groups is 1. The Kier molecular flexibility index (Phi) is 8.53. The van der Waals surface area contributed by atoms with E-state index in [2.05, 4.69) is 5.32 Å². The molecule has 8 nitrogen and oxygen atoms in total. The Bertz CT molecular complexity index is 1230. The van der Waals surface area contributed by atoms with E-state index in [4.69, 9.17) is 14.6 Å². The number of hydrogen-bond acceptors (Lipinski definition) is 5. The average Bonchev–Trinajstić information content (AvgIpc) is 3.27. The van der Waals surface area contributed by atoms with E-state index in [1.807, 2.05) is 85.8 Å². The smallest absolute Gasteiger partial charge is 0.417 e. The van der Waals surface area contributed by atoms with Crippen LogP contribution in [0.5, 0.6) is 0 Å². The van der Waals surface area contributed by atoms with Gasteiger partial charge in [0.15, 0.2) is 0 Å². The lowest BCUT2D eigenvalue weighted by molar-refractivity contribution is -0.141. The predicted octanol–water partition coefficient (Wildman–Crippen LogP) is 4.66. The van der Waals surface area contributed by atoms with Gasteiger partial charge in [0.25, 0.3) is 5.91 Å². The molecule has 0 aliphatic carbocycles. The summed E-state index contributed by atoms with van der Waals surface area (Å²) in [6, 6.07) is 24.7. The van der Waals surface area contributed by atoms with Crippen LogP contribution < -0.4 is 5.32 Å². The number of amides is 3.